The zero-order valence-electron chi connectivity index (χ0n) is 113. The van der Waals surface area contributed by atoms with Gasteiger partial charge in [-0.3, -0.25) is 0 Å². The predicted octanol–water partition coefficient (Wildman–Crippen LogP) is 29.5. The molecule has 17 aromatic rings. The molecule has 0 saturated heterocycles. The van der Waals surface area contributed by atoms with Gasteiger partial charge >= 0.3 is 0 Å². The Balaban J connectivity index is 0.000000262. The van der Waals surface area contributed by atoms with Crippen molar-refractivity contribution in [2.24, 2.45) is 11.3 Å². The van der Waals surface area contributed by atoms with Crippen molar-refractivity contribution in [3.05, 3.63) is 435 Å². The van der Waals surface area contributed by atoms with E-state index < -0.39 is 68.8 Å². The average Bonchev–Trinajstić information content (AvgIpc) is 1.46. The Morgan fingerprint density at radius 2 is 0.669 bits per heavy atom. The minimum atomic E-state index is -1.57. The standard InChI is InChI=1S/C22H24NSi.C20H26NSi.C19H26NSi.C18H24NSi.4C11H8N.4Ir/c1-5-17-15-21(23-16-22(17)24(2,3)4)20-13-9-12-19(14-20)18-10-7-6-8-11-18;1-22(2,3)20-15-21-19(17-11-5-4-6-12-17)14-18(20)13-16-9-7-8-10-16;1-19(2,3)13-16-12-17(15-10-8-7-9-11-15)20-14-18(16)21(4,5)6;1-5-6-10-16-13-17(15-11-8-7-9-12-15)19-14-18(16)20(2,3)4;4*1-2-6-10(7-3-1)11-8-4-5-9-12-11;;;;/h6-12,14-16H,5H2,1-4H3;4-6,11,14-16H,7-10,13H2,1-3H3;7-10,12,14H,13H2,1-6H3;7-9,11,13-14H,5-6,10H2,1-4H3;4*1-6,8-9H;;;;/q8*-1;;;;/i;4D,5D,6D,11D;7D,8D,9D,10D;7D,8D,9D,11D;2*1D,2D,3D,4D,5D,8D,9D;2*1D,2D,3D;;;;. The Labute approximate surface area is 935 Å². The molecule has 8 aromatic heterocycles. The molecule has 724 valence electrons. The van der Waals surface area contributed by atoms with Crippen molar-refractivity contribution < 1.29 is 124 Å². The van der Waals surface area contributed by atoms with Crippen molar-refractivity contribution in [2.75, 3.05) is 0 Å². The fraction of sp³-hybridized carbons (Fsp3) is 0.236. The maximum Gasteiger partial charge on any atom is 0.0830 e. The van der Waals surface area contributed by atoms with Crippen LogP contribution in [0.4, 0.5) is 0 Å². The van der Waals surface area contributed by atoms with Gasteiger partial charge in [0.15, 0.2) is 0 Å². The maximum atomic E-state index is 8.19. The van der Waals surface area contributed by atoms with Crippen LogP contribution in [0.5, 0.6) is 0 Å². The number of aromatic nitrogens is 8. The summed E-state index contributed by atoms with van der Waals surface area (Å²) in [4.78, 5) is 34.0. The molecular formula is C123H132Ir4N8Si4-8. The molecule has 139 heavy (non-hydrogen) atoms. The minimum Gasteiger partial charge on any atom is -0.305 e. The fourth-order valence-electron chi connectivity index (χ4n) is 14.5. The first-order chi connectivity index (χ1) is 78.2. The molecule has 0 unspecified atom stereocenters. The van der Waals surface area contributed by atoms with Crippen molar-refractivity contribution in [1.82, 2.24) is 39.9 Å². The second-order valence-corrected chi connectivity index (χ2v) is 57.1. The van der Waals surface area contributed by atoms with Gasteiger partial charge in [-0.2, -0.15) is 0 Å². The van der Waals surface area contributed by atoms with Crippen LogP contribution in [0.3, 0.4) is 0 Å². The van der Waals surface area contributed by atoms with Crippen molar-refractivity contribution in [1.29, 1.82) is 0 Å². The Hall–Kier alpha value is -10.4. The number of aryl methyl sites for hydroxylation is 2. The Bertz CT molecular complexity index is 8150. The van der Waals surface area contributed by atoms with Gasteiger partial charge in [0.2, 0.25) is 0 Å². The first kappa shape index (κ1) is 75.5. The number of benzene rings is 9. The third kappa shape index (κ3) is 38.2. The van der Waals surface area contributed by atoms with Crippen LogP contribution in [0.1, 0.15) is 139 Å². The van der Waals surface area contributed by atoms with Crippen LogP contribution in [-0.4, -0.2) is 72.2 Å². The van der Waals surface area contributed by atoms with Gasteiger partial charge in [0, 0.05) is 149 Å². The summed E-state index contributed by atoms with van der Waals surface area (Å²) in [5.41, 5.74) is 15.2. The molecule has 1 aliphatic carbocycles. The van der Waals surface area contributed by atoms with Gasteiger partial charge in [-0.05, 0) is 153 Å². The van der Waals surface area contributed by atoms with Crippen LogP contribution in [0.25, 0.3) is 101 Å². The second-order valence-electron chi connectivity index (χ2n) is 36.9. The molecule has 4 radical (unpaired) electrons. The SMILES string of the molecule is CCc1cc(-c2[c-]ccc(-c3ccccc3)c2)ncc1[Si](C)(C)C.[2H]c1[c-]c(-c2cc(CC(C)(C)C)c([Si](C)(C)C)cn2)c([2H])c([2H])c1[2H].[2H]c1[c-]c(-c2cc(CC3CCCC3)c([Si](C)(C)C)cn2)c([2H])c([2H])c1[2H].[2H]c1[c-]c(-c2cc(CCCC)c([Si](C)(C)C)cn2)c([2H])c([2H])c1[2H].[2H]c1[c-]c(-c2ccccn2)cc([2H])c1[2H].[2H]c1[c-]c(-c2ccccn2)cc([2H])c1[2H].[2H]c1[c-]c(-c2nc([2H])c([2H])c([2H])c2[2H])cc([2H])c1[2H].[2H]c1[c-]c(-c2nc([2H])c([2H])c([2H])c2[2H])cc([2H])c1[2H].[Ir].[Ir].[Ir].[Ir]. The van der Waals surface area contributed by atoms with Gasteiger partial charge in [-0.15, -0.1) is 286 Å². The fourth-order valence-corrected chi connectivity index (χ4v) is 20.9. The third-order valence-corrected chi connectivity index (χ3v) is 29.3. The van der Waals surface area contributed by atoms with E-state index >= 15 is 0 Å². The van der Waals surface area contributed by atoms with Gasteiger partial charge in [0.1, 0.15) is 0 Å². The number of rotatable bonds is 20. The van der Waals surface area contributed by atoms with E-state index in [2.05, 4.69) is 251 Å². The molecular weight excluding hydrogens is 2470 g/mol. The summed E-state index contributed by atoms with van der Waals surface area (Å²) in [6.45, 7) is 38.8. The summed E-state index contributed by atoms with van der Waals surface area (Å²) in [6, 6.07) is 56.9. The van der Waals surface area contributed by atoms with Crippen LogP contribution < -0.4 is 20.7 Å². The smallest absolute Gasteiger partial charge is 0.0830 e. The summed E-state index contributed by atoms with van der Waals surface area (Å²) in [6.07, 6.45) is 21.6. The van der Waals surface area contributed by atoms with E-state index in [0.717, 1.165) is 49.8 Å². The Morgan fingerprint density at radius 3 is 1.06 bits per heavy atom. The molecule has 8 nitrogen and oxygen atoms in total. The Morgan fingerprint density at radius 1 is 0.317 bits per heavy atom. The molecule has 0 bridgehead atoms. The van der Waals surface area contributed by atoms with E-state index in [1.54, 1.807) is 36.7 Å². The summed E-state index contributed by atoms with van der Waals surface area (Å²) < 4.78 is 244. The molecule has 1 aliphatic rings. The molecule has 0 aliphatic heterocycles. The molecule has 0 atom stereocenters. The quantitative estimate of drug-likeness (QED) is 0.0549. The van der Waals surface area contributed by atoms with Gasteiger partial charge in [0.05, 0.1) is 43.3 Å². The molecule has 1 fully saturated rings. The average molecular weight is 2640 g/mol. The van der Waals surface area contributed by atoms with Gasteiger partial charge in [-0.25, -0.2) is 0 Å². The molecule has 0 N–H and O–H groups in total. The molecule has 0 amide bonds. The molecule has 0 spiro atoms. The summed E-state index contributed by atoms with van der Waals surface area (Å²) in [7, 11) is -5.99. The van der Waals surface area contributed by atoms with Gasteiger partial charge in [0.25, 0.3) is 0 Å². The largest absolute Gasteiger partial charge is 0.305 e. The monoisotopic (exact) mass is 2640 g/mol. The van der Waals surface area contributed by atoms with Crippen LogP contribution in [0, 0.1) is 59.9 Å². The zero-order chi connectivity index (χ0) is 124. The van der Waals surface area contributed by atoms with Crippen LogP contribution in [0.2, 0.25) is 78.6 Å². The Kier molecular flexibility index (Phi) is 31.9. The number of hydrogen-bond donors (Lipinski definition) is 0. The van der Waals surface area contributed by atoms with E-state index in [0.29, 0.717) is 62.2 Å². The summed E-state index contributed by atoms with van der Waals surface area (Å²) >= 11 is 0. The van der Waals surface area contributed by atoms with Gasteiger partial charge in [-0.1, -0.05) is 271 Å². The van der Waals surface area contributed by atoms with Gasteiger partial charge < -0.3 is 39.9 Å². The normalized spacial score (nSPS) is 14.7. The van der Waals surface area contributed by atoms with E-state index in [-0.39, 0.29) is 265 Å². The predicted molar refractivity (Wildman–Crippen MR) is 582 cm³/mol. The van der Waals surface area contributed by atoms with E-state index in [9.17, 15) is 0 Å². The number of pyridine rings is 8. The first-order valence-corrected chi connectivity index (χ1v) is 58.9. The van der Waals surface area contributed by atoms with Crippen LogP contribution >= 0.6 is 0 Å². The minimum absolute atomic E-state index is 0. The van der Waals surface area contributed by atoms with Crippen molar-refractivity contribution in [3.63, 3.8) is 0 Å². The molecule has 1 saturated carbocycles. The first-order valence-electron chi connectivity index (χ1n) is 60.9. The number of unbranched alkanes of at least 4 members (excludes halogenated alkanes) is 1. The molecule has 8 heterocycles. The van der Waals surface area contributed by atoms with Crippen molar-refractivity contribution in [2.45, 2.75) is 177 Å². The summed E-state index contributed by atoms with van der Waals surface area (Å²) in [5, 5.41) is 5.44. The topological polar surface area (TPSA) is 103 Å². The van der Waals surface area contributed by atoms with Crippen LogP contribution in [0.15, 0.2) is 364 Å². The molecule has 9 aromatic carbocycles. The maximum absolute atomic E-state index is 8.19. The van der Waals surface area contributed by atoms with Crippen molar-refractivity contribution >= 4 is 53.0 Å². The van der Waals surface area contributed by atoms with E-state index in [1.165, 1.54) is 104 Å². The third-order valence-electron chi connectivity index (χ3n) is 21.0. The molecule has 18 rings (SSSR count). The number of nitrogens with zero attached hydrogens (tertiary/aromatic N) is 8. The second kappa shape index (κ2) is 58.8. The molecule has 16 heteroatoms. The number of hydrogen-bond acceptors (Lipinski definition) is 8. The van der Waals surface area contributed by atoms with E-state index in [4.69, 9.17) is 48.8 Å². The zero-order valence-corrected chi connectivity index (χ0v) is 94.8. The van der Waals surface area contributed by atoms with Crippen molar-refractivity contribution in [3.8, 4) is 101 Å². The summed E-state index contributed by atoms with van der Waals surface area (Å²) in [5.74, 6) is 0.717. The van der Waals surface area contributed by atoms with Crippen LogP contribution in [-0.2, 0) is 106 Å². The van der Waals surface area contributed by atoms with E-state index in [1.807, 2.05) is 55.0 Å².